The van der Waals surface area contributed by atoms with Gasteiger partial charge in [0.05, 0.1) is 13.2 Å². The molecule has 2 aliphatic rings. The number of amides is 1. The quantitative estimate of drug-likeness (QED) is 0.825. The van der Waals surface area contributed by atoms with Gasteiger partial charge in [0.25, 0.3) is 0 Å². The second kappa shape index (κ2) is 7.52. The fourth-order valence-corrected chi connectivity index (χ4v) is 3.22. The molecule has 0 unspecified atom stereocenters. The summed E-state index contributed by atoms with van der Waals surface area (Å²) in [4.78, 5) is 13.4. The highest BCUT2D eigenvalue weighted by Gasteiger charge is 2.19. The van der Waals surface area contributed by atoms with Crippen LogP contribution >= 0.6 is 0 Å². The molecule has 1 aliphatic carbocycles. The van der Waals surface area contributed by atoms with Crippen LogP contribution in [0.25, 0.3) is 0 Å². The number of carbonyl (C=O) groups is 1. The molecule has 1 amide bonds. The van der Waals surface area contributed by atoms with Crippen molar-refractivity contribution in [3.8, 4) is 5.75 Å². The summed E-state index contributed by atoms with van der Waals surface area (Å²) in [5.41, 5.74) is 1.11. The van der Waals surface area contributed by atoms with E-state index < -0.39 is 0 Å². The fourth-order valence-electron chi connectivity index (χ4n) is 3.22. The smallest absolute Gasteiger partial charge is 0.410 e. The van der Waals surface area contributed by atoms with E-state index in [2.05, 4.69) is 0 Å². The highest BCUT2D eigenvalue weighted by atomic mass is 16.6. The summed E-state index contributed by atoms with van der Waals surface area (Å²) in [6, 6.07) is 8.09. The number of nitrogens with zero attached hydrogens (tertiary/aromatic N) is 1. The molecule has 22 heavy (non-hydrogen) atoms. The van der Waals surface area contributed by atoms with E-state index in [-0.39, 0.29) is 6.09 Å². The normalized spacial score (nSPS) is 19.8. The lowest BCUT2D eigenvalue weighted by molar-refractivity contribution is 0.0700. The van der Waals surface area contributed by atoms with E-state index in [9.17, 15) is 4.79 Å². The molecule has 1 aliphatic heterocycles. The van der Waals surface area contributed by atoms with Crippen molar-refractivity contribution in [3.05, 3.63) is 29.8 Å². The lowest BCUT2D eigenvalue weighted by Crippen LogP contribution is -2.37. The zero-order chi connectivity index (χ0) is 15.2. The number of carbonyl (C=O) groups excluding carboxylic acids is 1. The number of ether oxygens (including phenoxy) is 2. The van der Waals surface area contributed by atoms with E-state index >= 15 is 0 Å². The van der Waals surface area contributed by atoms with Crippen LogP contribution < -0.4 is 4.74 Å². The van der Waals surface area contributed by atoms with E-state index in [0.29, 0.717) is 13.2 Å². The first-order valence-corrected chi connectivity index (χ1v) is 8.45. The third-order valence-electron chi connectivity index (χ3n) is 4.56. The van der Waals surface area contributed by atoms with E-state index in [1.54, 1.807) is 4.90 Å². The second-order valence-corrected chi connectivity index (χ2v) is 6.35. The first-order valence-electron chi connectivity index (χ1n) is 8.45. The van der Waals surface area contributed by atoms with Gasteiger partial charge in [0.1, 0.15) is 5.75 Å². The van der Waals surface area contributed by atoms with Gasteiger partial charge in [-0.2, -0.15) is 0 Å². The zero-order valence-electron chi connectivity index (χ0n) is 13.1. The van der Waals surface area contributed by atoms with Gasteiger partial charge in [-0.25, -0.2) is 4.79 Å². The number of hydrogen-bond acceptors (Lipinski definition) is 3. The van der Waals surface area contributed by atoms with E-state index in [1.807, 2.05) is 24.3 Å². The first kappa shape index (κ1) is 15.2. The Morgan fingerprint density at radius 1 is 1.09 bits per heavy atom. The topological polar surface area (TPSA) is 38.8 Å². The lowest BCUT2D eigenvalue weighted by atomic mass is 9.90. The van der Waals surface area contributed by atoms with Crippen molar-refractivity contribution in [3.63, 3.8) is 0 Å². The summed E-state index contributed by atoms with van der Waals surface area (Å²) in [6.45, 7) is 2.77. The van der Waals surface area contributed by atoms with Gasteiger partial charge in [-0.15, -0.1) is 0 Å². The molecule has 0 spiro atoms. The highest BCUT2D eigenvalue weighted by Crippen LogP contribution is 2.25. The van der Waals surface area contributed by atoms with Crippen molar-refractivity contribution >= 4 is 6.09 Å². The molecule has 0 bridgehead atoms. The van der Waals surface area contributed by atoms with E-state index in [0.717, 1.165) is 36.8 Å². The summed E-state index contributed by atoms with van der Waals surface area (Å²) in [6.07, 6.45) is 7.38. The molecule has 0 N–H and O–H groups in total. The summed E-state index contributed by atoms with van der Waals surface area (Å²) in [7, 11) is 0. The highest BCUT2D eigenvalue weighted by molar-refractivity contribution is 5.68. The van der Waals surface area contributed by atoms with Crippen LogP contribution in [0.15, 0.2) is 24.3 Å². The van der Waals surface area contributed by atoms with Crippen LogP contribution in [0.5, 0.6) is 5.75 Å². The van der Waals surface area contributed by atoms with E-state index in [4.69, 9.17) is 9.47 Å². The van der Waals surface area contributed by atoms with Gasteiger partial charge in [-0.05, 0) is 42.9 Å². The first-order chi connectivity index (χ1) is 10.8. The molecule has 2 fully saturated rings. The van der Waals surface area contributed by atoms with Gasteiger partial charge in [-0.1, -0.05) is 31.4 Å². The van der Waals surface area contributed by atoms with Crippen molar-refractivity contribution in [2.24, 2.45) is 5.92 Å². The minimum Gasteiger partial charge on any atom is -0.493 e. The minimum atomic E-state index is -0.205. The van der Waals surface area contributed by atoms with E-state index in [1.165, 1.54) is 32.1 Å². The molecule has 4 heteroatoms. The molecule has 0 radical (unpaired) electrons. The zero-order valence-corrected chi connectivity index (χ0v) is 13.1. The Labute approximate surface area is 132 Å². The predicted octanol–water partition coefficient (Wildman–Crippen LogP) is 3.99. The monoisotopic (exact) mass is 303 g/mol. The summed E-state index contributed by atoms with van der Waals surface area (Å²) in [5.74, 6) is 1.65. The maximum Gasteiger partial charge on any atom is 0.410 e. The summed E-state index contributed by atoms with van der Waals surface area (Å²) < 4.78 is 11.0. The van der Waals surface area contributed by atoms with Crippen molar-refractivity contribution in [1.82, 2.24) is 4.90 Å². The number of hydrogen-bond donors (Lipinski definition) is 0. The van der Waals surface area contributed by atoms with Crippen LogP contribution in [0.4, 0.5) is 4.79 Å². The van der Waals surface area contributed by atoms with Crippen molar-refractivity contribution < 1.29 is 14.3 Å². The van der Waals surface area contributed by atoms with Crippen molar-refractivity contribution in [1.29, 1.82) is 0 Å². The molecular formula is C18H25NO3. The molecule has 3 rings (SSSR count). The molecule has 1 aromatic rings. The van der Waals surface area contributed by atoms with Gasteiger partial charge in [-0.3, -0.25) is 0 Å². The Morgan fingerprint density at radius 3 is 2.59 bits per heavy atom. The predicted molar refractivity (Wildman–Crippen MR) is 84.9 cm³/mol. The average Bonchev–Trinajstić information content (AvgIpc) is 2.57. The van der Waals surface area contributed by atoms with Gasteiger partial charge >= 0.3 is 6.09 Å². The lowest BCUT2D eigenvalue weighted by Gasteiger charge is -2.26. The van der Waals surface area contributed by atoms with Gasteiger partial charge < -0.3 is 14.4 Å². The van der Waals surface area contributed by atoms with Gasteiger partial charge in [0.2, 0.25) is 0 Å². The Kier molecular flexibility index (Phi) is 5.20. The molecule has 1 saturated heterocycles. The third-order valence-corrected chi connectivity index (χ3v) is 4.56. The third kappa shape index (κ3) is 4.15. The minimum absolute atomic E-state index is 0.205. The van der Waals surface area contributed by atoms with Gasteiger partial charge in [0.15, 0.2) is 0 Å². The van der Waals surface area contributed by atoms with Gasteiger partial charge in [0, 0.05) is 13.1 Å². The Morgan fingerprint density at radius 2 is 1.86 bits per heavy atom. The van der Waals surface area contributed by atoms with Crippen LogP contribution in [0.3, 0.4) is 0 Å². The molecule has 120 valence electrons. The molecular weight excluding hydrogens is 278 g/mol. The molecule has 1 heterocycles. The number of cyclic esters (lactones) is 1. The largest absolute Gasteiger partial charge is 0.493 e. The molecule has 0 atom stereocenters. The molecule has 0 aromatic heterocycles. The van der Waals surface area contributed by atoms with Crippen LogP contribution in [-0.2, 0) is 11.3 Å². The Hall–Kier alpha value is -1.71. The van der Waals surface area contributed by atoms with Crippen molar-refractivity contribution in [2.45, 2.75) is 45.1 Å². The van der Waals surface area contributed by atoms with Crippen LogP contribution in [0.2, 0.25) is 0 Å². The maximum absolute atomic E-state index is 11.6. The maximum atomic E-state index is 11.6. The van der Waals surface area contributed by atoms with Crippen LogP contribution in [0.1, 0.15) is 44.1 Å². The molecule has 1 aromatic carbocycles. The van der Waals surface area contributed by atoms with Crippen molar-refractivity contribution in [2.75, 3.05) is 19.8 Å². The summed E-state index contributed by atoms with van der Waals surface area (Å²) in [5, 5.41) is 0. The standard InChI is InChI=1S/C18H25NO3/c20-18-19(11-4-12-21-18)13-15-7-9-17(10-8-15)22-14-16-5-2-1-3-6-16/h7-10,16H,1-6,11-14H2. The second-order valence-electron chi connectivity index (χ2n) is 6.35. The molecule has 1 saturated carbocycles. The average molecular weight is 303 g/mol. The number of rotatable bonds is 5. The van der Waals surface area contributed by atoms with Crippen LogP contribution in [-0.4, -0.2) is 30.8 Å². The SMILES string of the molecule is O=C1OCCCN1Cc1ccc(OCC2CCCCC2)cc1. The number of benzene rings is 1. The Bertz CT molecular complexity index is 480. The Balaban J connectivity index is 1.48. The molecule has 4 nitrogen and oxygen atoms in total. The fraction of sp³-hybridized carbons (Fsp3) is 0.611. The summed E-state index contributed by atoms with van der Waals surface area (Å²) >= 11 is 0. The van der Waals surface area contributed by atoms with Crippen LogP contribution in [0, 0.1) is 5.92 Å².